The fraction of sp³-hybridized carbons (Fsp3) is 0.611. The molecule has 2 fully saturated rings. The summed E-state index contributed by atoms with van der Waals surface area (Å²) in [4.78, 5) is 16.6. The molecule has 2 heterocycles. The van der Waals surface area contributed by atoms with Gasteiger partial charge in [-0.1, -0.05) is 17.7 Å². The summed E-state index contributed by atoms with van der Waals surface area (Å²) in [5.41, 5.74) is 1.02. The van der Waals surface area contributed by atoms with Crippen molar-refractivity contribution in [2.75, 3.05) is 39.3 Å². The first-order valence-electron chi connectivity index (χ1n) is 9.14. The summed E-state index contributed by atoms with van der Waals surface area (Å²) >= 11 is 0. The maximum Gasteiger partial charge on any atom is 0.243 e. The Labute approximate surface area is 150 Å². The Hall–Kier alpha value is -1.44. The SMILES string of the molecule is CC[NH+]1CCN(C(=O)[C@H]2CCCN2S(=O)(=O)c2ccc(C)cc2)CC1. The Balaban J connectivity index is 1.76. The number of hydrogen-bond donors (Lipinski definition) is 1. The second-order valence-corrected chi connectivity index (χ2v) is 8.91. The molecule has 1 N–H and O–H groups in total. The van der Waals surface area contributed by atoms with Crippen LogP contribution in [0.4, 0.5) is 0 Å². The van der Waals surface area contributed by atoms with Crippen LogP contribution in [0, 0.1) is 6.92 Å². The maximum atomic E-state index is 13.0. The number of likely N-dealkylation sites (N-methyl/N-ethyl adjacent to an activating group) is 1. The monoisotopic (exact) mass is 366 g/mol. The molecule has 0 saturated carbocycles. The van der Waals surface area contributed by atoms with Gasteiger partial charge in [0, 0.05) is 6.54 Å². The minimum atomic E-state index is -3.62. The lowest BCUT2D eigenvalue weighted by molar-refractivity contribution is -0.902. The van der Waals surface area contributed by atoms with E-state index in [1.807, 2.05) is 11.8 Å². The number of sulfonamides is 1. The minimum absolute atomic E-state index is 0.0247. The summed E-state index contributed by atoms with van der Waals surface area (Å²) in [6.07, 6.45) is 1.35. The molecule has 2 aliphatic rings. The van der Waals surface area contributed by atoms with Gasteiger partial charge in [0.2, 0.25) is 15.9 Å². The number of aryl methyl sites for hydroxylation is 1. The number of benzene rings is 1. The van der Waals surface area contributed by atoms with Crippen LogP contribution in [-0.2, 0) is 14.8 Å². The van der Waals surface area contributed by atoms with Gasteiger partial charge in [-0.15, -0.1) is 0 Å². The summed E-state index contributed by atoms with van der Waals surface area (Å²) in [7, 11) is -3.62. The zero-order chi connectivity index (χ0) is 18.0. The molecular formula is C18H28N3O3S+. The van der Waals surface area contributed by atoms with Crippen molar-refractivity contribution >= 4 is 15.9 Å². The van der Waals surface area contributed by atoms with E-state index >= 15 is 0 Å². The van der Waals surface area contributed by atoms with Gasteiger partial charge in [0.25, 0.3) is 0 Å². The van der Waals surface area contributed by atoms with Crippen molar-refractivity contribution in [2.45, 2.75) is 37.6 Å². The number of nitrogens with one attached hydrogen (secondary N) is 1. The van der Waals surface area contributed by atoms with Crippen molar-refractivity contribution in [3.05, 3.63) is 29.8 Å². The number of carbonyl (C=O) groups is 1. The van der Waals surface area contributed by atoms with Crippen LogP contribution < -0.4 is 4.90 Å². The van der Waals surface area contributed by atoms with Crippen LogP contribution >= 0.6 is 0 Å². The summed E-state index contributed by atoms with van der Waals surface area (Å²) in [5.74, 6) is -0.0247. The first kappa shape index (κ1) is 18.4. The third-order valence-electron chi connectivity index (χ3n) is 5.40. The van der Waals surface area contributed by atoms with Crippen molar-refractivity contribution in [3.63, 3.8) is 0 Å². The van der Waals surface area contributed by atoms with E-state index in [9.17, 15) is 13.2 Å². The van der Waals surface area contributed by atoms with E-state index in [0.717, 1.165) is 44.7 Å². The Morgan fingerprint density at radius 3 is 2.40 bits per heavy atom. The third-order valence-corrected chi connectivity index (χ3v) is 7.32. The van der Waals surface area contributed by atoms with Crippen molar-refractivity contribution in [2.24, 2.45) is 0 Å². The fourth-order valence-corrected chi connectivity index (χ4v) is 5.38. The number of piperazine rings is 1. The Kier molecular flexibility index (Phi) is 5.46. The van der Waals surface area contributed by atoms with E-state index < -0.39 is 16.1 Å². The summed E-state index contributed by atoms with van der Waals surface area (Å²) in [5, 5.41) is 0. The number of hydrogen-bond acceptors (Lipinski definition) is 3. The van der Waals surface area contributed by atoms with E-state index in [1.54, 1.807) is 24.3 Å². The number of nitrogens with zero attached hydrogens (tertiary/aromatic N) is 2. The van der Waals surface area contributed by atoms with Gasteiger partial charge >= 0.3 is 0 Å². The first-order valence-corrected chi connectivity index (χ1v) is 10.6. The molecule has 6 nitrogen and oxygen atoms in total. The van der Waals surface area contributed by atoms with E-state index in [-0.39, 0.29) is 10.8 Å². The molecule has 7 heteroatoms. The van der Waals surface area contributed by atoms with Crippen LogP contribution in [0.1, 0.15) is 25.3 Å². The van der Waals surface area contributed by atoms with E-state index in [2.05, 4.69) is 6.92 Å². The highest BCUT2D eigenvalue weighted by molar-refractivity contribution is 7.89. The van der Waals surface area contributed by atoms with Crippen molar-refractivity contribution in [1.29, 1.82) is 0 Å². The number of rotatable bonds is 4. The average molecular weight is 367 g/mol. The molecule has 25 heavy (non-hydrogen) atoms. The molecule has 1 aromatic carbocycles. The fourth-order valence-electron chi connectivity index (χ4n) is 3.73. The lowest BCUT2D eigenvalue weighted by Crippen LogP contribution is -3.14. The molecule has 0 unspecified atom stereocenters. The van der Waals surface area contributed by atoms with Crippen LogP contribution in [-0.4, -0.2) is 68.8 Å². The lowest BCUT2D eigenvalue weighted by Gasteiger charge is -2.34. The second-order valence-electron chi connectivity index (χ2n) is 7.02. The number of quaternary nitrogens is 1. The molecule has 1 aromatic rings. The van der Waals surface area contributed by atoms with Gasteiger partial charge in [-0.3, -0.25) is 4.79 Å². The molecule has 138 valence electrons. The van der Waals surface area contributed by atoms with Gasteiger partial charge in [-0.05, 0) is 38.8 Å². The highest BCUT2D eigenvalue weighted by Crippen LogP contribution is 2.27. The van der Waals surface area contributed by atoms with E-state index in [1.165, 1.54) is 9.21 Å². The average Bonchev–Trinajstić information content (AvgIpc) is 3.12. The Morgan fingerprint density at radius 2 is 1.80 bits per heavy atom. The summed E-state index contributed by atoms with van der Waals surface area (Å²) in [6, 6.07) is 6.32. The highest BCUT2D eigenvalue weighted by atomic mass is 32.2. The number of amides is 1. The summed E-state index contributed by atoms with van der Waals surface area (Å²) < 4.78 is 27.4. The Bertz CT molecular complexity index is 710. The minimum Gasteiger partial charge on any atom is -0.332 e. The van der Waals surface area contributed by atoms with Crippen LogP contribution in [0.3, 0.4) is 0 Å². The van der Waals surface area contributed by atoms with Crippen molar-refractivity contribution < 1.29 is 18.1 Å². The molecule has 2 aliphatic heterocycles. The van der Waals surface area contributed by atoms with Gasteiger partial charge in [0.15, 0.2) is 0 Å². The van der Waals surface area contributed by atoms with Crippen LogP contribution in [0.2, 0.25) is 0 Å². The second kappa shape index (κ2) is 7.43. The predicted octanol–water partition coefficient (Wildman–Crippen LogP) is -0.105. The van der Waals surface area contributed by atoms with E-state index in [0.29, 0.717) is 13.0 Å². The first-order chi connectivity index (χ1) is 11.9. The standard InChI is InChI=1S/C18H27N3O3S/c1-3-19-11-13-20(14-12-19)18(22)17-5-4-10-21(17)25(23,24)16-8-6-15(2)7-9-16/h6-9,17H,3-5,10-14H2,1-2H3/p+1/t17-/m1/s1. The molecule has 1 atom stereocenters. The van der Waals surface area contributed by atoms with Crippen molar-refractivity contribution in [3.8, 4) is 0 Å². The summed E-state index contributed by atoms with van der Waals surface area (Å²) in [6.45, 7) is 8.90. The van der Waals surface area contributed by atoms with Gasteiger partial charge in [-0.2, -0.15) is 4.31 Å². The zero-order valence-electron chi connectivity index (χ0n) is 15.1. The lowest BCUT2D eigenvalue weighted by atomic mass is 10.2. The largest absolute Gasteiger partial charge is 0.332 e. The van der Waals surface area contributed by atoms with Gasteiger partial charge in [-0.25, -0.2) is 8.42 Å². The molecule has 3 rings (SSSR count). The molecule has 0 bridgehead atoms. The molecule has 1 amide bonds. The number of carbonyl (C=O) groups excluding carboxylic acids is 1. The quantitative estimate of drug-likeness (QED) is 0.809. The molecular weight excluding hydrogens is 338 g/mol. The normalized spacial score (nSPS) is 23.1. The third kappa shape index (κ3) is 3.73. The molecule has 0 spiro atoms. The molecule has 0 radical (unpaired) electrons. The maximum absolute atomic E-state index is 13.0. The van der Waals surface area contributed by atoms with Gasteiger partial charge < -0.3 is 9.80 Å². The topological polar surface area (TPSA) is 62.1 Å². The van der Waals surface area contributed by atoms with Crippen molar-refractivity contribution in [1.82, 2.24) is 9.21 Å². The predicted molar refractivity (Wildman–Crippen MR) is 95.9 cm³/mol. The van der Waals surface area contributed by atoms with Crippen LogP contribution in [0.5, 0.6) is 0 Å². The van der Waals surface area contributed by atoms with Gasteiger partial charge in [0.05, 0.1) is 37.6 Å². The molecule has 2 saturated heterocycles. The molecule has 0 aromatic heterocycles. The van der Waals surface area contributed by atoms with Gasteiger partial charge in [0.1, 0.15) is 6.04 Å². The van der Waals surface area contributed by atoms with E-state index in [4.69, 9.17) is 0 Å². The molecule has 0 aliphatic carbocycles. The van der Waals surface area contributed by atoms with Crippen LogP contribution in [0.15, 0.2) is 29.2 Å². The smallest absolute Gasteiger partial charge is 0.243 e. The van der Waals surface area contributed by atoms with Crippen LogP contribution in [0.25, 0.3) is 0 Å². The highest BCUT2D eigenvalue weighted by Gasteiger charge is 2.41. The Morgan fingerprint density at radius 1 is 1.16 bits per heavy atom. The zero-order valence-corrected chi connectivity index (χ0v) is 15.9.